The van der Waals surface area contributed by atoms with E-state index in [4.69, 9.17) is 4.74 Å². The van der Waals surface area contributed by atoms with Crippen molar-refractivity contribution in [1.82, 2.24) is 20.4 Å². The molecule has 0 saturated carbocycles. The van der Waals surface area contributed by atoms with E-state index in [-0.39, 0.29) is 24.5 Å². The third kappa shape index (κ3) is 5.35. The van der Waals surface area contributed by atoms with Crippen LogP contribution in [0, 0.1) is 6.92 Å². The van der Waals surface area contributed by atoms with Crippen molar-refractivity contribution >= 4 is 17.6 Å². The second-order valence-electron chi connectivity index (χ2n) is 7.62. The molecule has 1 fully saturated rings. The number of rotatable bonds is 7. The smallest absolute Gasteiger partial charge is 0.263 e. The number of benzene rings is 1. The Morgan fingerprint density at radius 2 is 2.07 bits per heavy atom. The molecule has 1 saturated heterocycles. The first-order valence-electron chi connectivity index (χ1n) is 10.00. The van der Waals surface area contributed by atoms with E-state index in [1.54, 1.807) is 10.7 Å². The Morgan fingerprint density at radius 1 is 1.34 bits per heavy atom. The molecular weight excluding hydrogens is 370 g/mol. The van der Waals surface area contributed by atoms with Crippen molar-refractivity contribution in [3.05, 3.63) is 41.6 Å². The Morgan fingerprint density at radius 3 is 2.72 bits per heavy atom. The fourth-order valence-electron chi connectivity index (χ4n) is 3.24. The Kier molecular flexibility index (Phi) is 6.53. The lowest BCUT2D eigenvalue weighted by molar-refractivity contribution is -0.125. The number of nitrogens with zero attached hydrogens (tertiary/aromatic N) is 2. The number of anilines is 1. The van der Waals surface area contributed by atoms with Gasteiger partial charge >= 0.3 is 0 Å². The van der Waals surface area contributed by atoms with Crippen LogP contribution in [0.4, 0.5) is 5.82 Å². The molecule has 2 heterocycles. The molecule has 2 atom stereocenters. The first kappa shape index (κ1) is 20.9. The number of aromatic nitrogens is 2. The van der Waals surface area contributed by atoms with E-state index >= 15 is 0 Å². The molecule has 8 heteroatoms. The summed E-state index contributed by atoms with van der Waals surface area (Å²) in [5.41, 5.74) is 1.95. The number of hydrogen-bond donors (Lipinski definition) is 3. The van der Waals surface area contributed by atoms with E-state index in [2.05, 4.69) is 34.9 Å². The summed E-state index contributed by atoms with van der Waals surface area (Å²) in [6.07, 6.45) is 0.753. The average molecular weight is 399 g/mol. The van der Waals surface area contributed by atoms with Gasteiger partial charge in [0, 0.05) is 18.5 Å². The number of carbonyl (C=O) groups excluding carboxylic acids is 2. The van der Waals surface area contributed by atoms with Gasteiger partial charge in [-0.1, -0.05) is 32.9 Å². The van der Waals surface area contributed by atoms with Crippen molar-refractivity contribution in [2.45, 2.75) is 58.8 Å². The third-order valence-electron chi connectivity index (χ3n) is 4.90. The van der Waals surface area contributed by atoms with Crippen LogP contribution in [0.3, 0.4) is 0 Å². The van der Waals surface area contributed by atoms with Gasteiger partial charge in [0.15, 0.2) is 12.9 Å². The molecule has 1 aliphatic heterocycles. The van der Waals surface area contributed by atoms with E-state index in [1.807, 2.05) is 38.1 Å². The van der Waals surface area contributed by atoms with E-state index in [0.29, 0.717) is 23.9 Å². The van der Waals surface area contributed by atoms with Crippen molar-refractivity contribution in [3.63, 3.8) is 0 Å². The monoisotopic (exact) mass is 399 g/mol. The van der Waals surface area contributed by atoms with Crippen LogP contribution in [0.1, 0.15) is 57.1 Å². The summed E-state index contributed by atoms with van der Waals surface area (Å²) in [6.45, 7) is 7.99. The predicted molar refractivity (Wildman–Crippen MR) is 111 cm³/mol. The lowest BCUT2D eigenvalue weighted by Gasteiger charge is -2.31. The van der Waals surface area contributed by atoms with Gasteiger partial charge in [-0.05, 0) is 37.0 Å². The van der Waals surface area contributed by atoms with Crippen molar-refractivity contribution in [2.24, 2.45) is 0 Å². The van der Waals surface area contributed by atoms with Gasteiger partial charge in [-0.15, -0.1) is 0 Å². The normalized spacial score (nSPS) is 19.1. The molecule has 2 amide bonds. The first-order valence-corrected chi connectivity index (χ1v) is 10.00. The maximum Gasteiger partial charge on any atom is 0.263 e. The topological polar surface area (TPSA) is 97.3 Å². The van der Waals surface area contributed by atoms with Crippen LogP contribution < -0.4 is 20.7 Å². The molecule has 1 aliphatic rings. The van der Waals surface area contributed by atoms with Crippen LogP contribution in [0.5, 0.6) is 5.75 Å². The molecule has 0 bridgehead atoms. The summed E-state index contributed by atoms with van der Waals surface area (Å²) in [6, 6.07) is 9.56. The molecule has 156 valence electrons. The molecule has 2 aromatic rings. The average Bonchev–Trinajstić information content (AvgIpc) is 3.06. The molecule has 1 aromatic carbocycles. The lowest BCUT2D eigenvalue weighted by atomic mass is 10.0. The molecular formula is C21H29N5O3. The van der Waals surface area contributed by atoms with Gasteiger partial charge in [0.05, 0.1) is 5.69 Å². The van der Waals surface area contributed by atoms with Crippen LogP contribution >= 0.6 is 0 Å². The number of carbonyl (C=O) groups is 2. The highest BCUT2D eigenvalue weighted by molar-refractivity contribution is 5.91. The third-order valence-corrected chi connectivity index (χ3v) is 4.90. The van der Waals surface area contributed by atoms with Gasteiger partial charge in [-0.25, -0.2) is 4.68 Å². The number of hydrogen-bond acceptors (Lipinski definition) is 5. The summed E-state index contributed by atoms with van der Waals surface area (Å²) in [7, 11) is 0. The highest BCUT2D eigenvalue weighted by atomic mass is 16.5. The van der Waals surface area contributed by atoms with E-state index in [1.165, 1.54) is 5.56 Å². The number of nitrogens with one attached hydrogen (secondary N) is 3. The van der Waals surface area contributed by atoms with E-state index in [9.17, 15) is 9.59 Å². The largest absolute Gasteiger partial charge is 0.484 e. The number of ether oxygens (including phenoxy) is 1. The van der Waals surface area contributed by atoms with Gasteiger partial charge in [-0.2, -0.15) is 5.10 Å². The molecule has 0 aliphatic carbocycles. The van der Waals surface area contributed by atoms with Gasteiger partial charge in [-0.3, -0.25) is 14.9 Å². The minimum Gasteiger partial charge on any atom is -0.484 e. The summed E-state index contributed by atoms with van der Waals surface area (Å²) in [5.74, 6) is 1.24. The highest BCUT2D eigenvalue weighted by Gasteiger charge is 2.28. The standard InChI is InChI=1S/C21H29N5O3/c1-5-16-11-19(27)24-21(22-16)26-18(10-14(4)25-26)23-20(28)12-29-17-8-6-15(7-9-17)13(2)3/h6-10,13,16,21-22H,5,11-12H2,1-4H3,(H,23,28)(H,24,27). The Balaban J connectivity index is 1.62. The Hall–Kier alpha value is -2.87. The summed E-state index contributed by atoms with van der Waals surface area (Å²) >= 11 is 0. The minimum absolute atomic E-state index is 0.0424. The zero-order chi connectivity index (χ0) is 21.0. The highest BCUT2D eigenvalue weighted by Crippen LogP contribution is 2.20. The van der Waals surface area contributed by atoms with E-state index in [0.717, 1.165) is 12.1 Å². The summed E-state index contributed by atoms with van der Waals surface area (Å²) in [4.78, 5) is 24.4. The summed E-state index contributed by atoms with van der Waals surface area (Å²) in [5, 5.41) is 13.4. The Bertz CT molecular complexity index is 860. The van der Waals surface area contributed by atoms with Crippen molar-refractivity contribution in [2.75, 3.05) is 11.9 Å². The lowest BCUT2D eigenvalue weighted by Crippen LogP contribution is -2.53. The maximum absolute atomic E-state index is 12.4. The maximum atomic E-state index is 12.4. The molecule has 1 aromatic heterocycles. The van der Waals surface area contributed by atoms with Gasteiger partial charge in [0.2, 0.25) is 5.91 Å². The zero-order valence-corrected chi connectivity index (χ0v) is 17.4. The first-order chi connectivity index (χ1) is 13.9. The second kappa shape index (κ2) is 9.09. The number of amides is 2. The fraction of sp³-hybridized carbons (Fsp3) is 0.476. The predicted octanol–water partition coefficient (Wildman–Crippen LogP) is 2.68. The van der Waals surface area contributed by atoms with Crippen molar-refractivity contribution < 1.29 is 14.3 Å². The molecule has 0 radical (unpaired) electrons. The van der Waals surface area contributed by atoms with Crippen LogP contribution in [0.25, 0.3) is 0 Å². The zero-order valence-electron chi connectivity index (χ0n) is 17.4. The van der Waals surface area contributed by atoms with Crippen molar-refractivity contribution in [1.29, 1.82) is 0 Å². The number of aryl methyl sites for hydroxylation is 1. The second-order valence-corrected chi connectivity index (χ2v) is 7.62. The molecule has 3 rings (SSSR count). The van der Waals surface area contributed by atoms with E-state index < -0.39 is 6.29 Å². The van der Waals surface area contributed by atoms with Crippen LogP contribution in [-0.2, 0) is 9.59 Å². The molecule has 2 unspecified atom stereocenters. The molecule has 29 heavy (non-hydrogen) atoms. The van der Waals surface area contributed by atoms with Crippen LogP contribution in [0.15, 0.2) is 30.3 Å². The molecule has 3 N–H and O–H groups in total. The quantitative estimate of drug-likeness (QED) is 0.665. The molecule has 8 nitrogen and oxygen atoms in total. The SMILES string of the molecule is CCC1CC(=O)NC(n2nc(C)cc2NC(=O)COc2ccc(C(C)C)cc2)N1. The van der Waals surface area contributed by atoms with Gasteiger partial charge in [0.1, 0.15) is 11.6 Å². The van der Waals surface area contributed by atoms with Crippen LogP contribution in [-0.4, -0.2) is 34.2 Å². The van der Waals surface area contributed by atoms with Gasteiger partial charge in [0.25, 0.3) is 5.91 Å². The Labute approximate surface area is 171 Å². The van der Waals surface area contributed by atoms with Gasteiger partial charge < -0.3 is 15.4 Å². The van der Waals surface area contributed by atoms with Crippen LogP contribution in [0.2, 0.25) is 0 Å². The molecule has 0 spiro atoms. The minimum atomic E-state index is -0.505. The summed E-state index contributed by atoms with van der Waals surface area (Å²) < 4.78 is 7.18. The van der Waals surface area contributed by atoms with Crippen molar-refractivity contribution in [3.8, 4) is 5.75 Å². The fourth-order valence-corrected chi connectivity index (χ4v) is 3.24.